The molecule has 1 amide bonds. The summed E-state index contributed by atoms with van der Waals surface area (Å²) in [5.74, 6) is -0.0630. The third-order valence-corrected chi connectivity index (χ3v) is 14.2. The van der Waals surface area contributed by atoms with E-state index >= 15 is 0 Å². The summed E-state index contributed by atoms with van der Waals surface area (Å²) >= 11 is 0. The van der Waals surface area contributed by atoms with Crippen LogP contribution in [0.1, 0.15) is 328 Å². The number of ether oxygens (including phenoxy) is 1. The van der Waals surface area contributed by atoms with Gasteiger partial charge in [-0.05, 0) is 64.2 Å². The molecule has 0 spiro atoms. The minimum Gasteiger partial charge on any atom is -0.466 e. The van der Waals surface area contributed by atoms with Crippen molar-refractivity contribution in [3.8, 4) is 0 Å². The largest absolute Gasteiger partial charge is 0.466 e. The fourth-order valence-corrected chi connectivity index (χ4v) is 9.43. The fraction of sp³-hybridized carbons (Fsp3) is 0.873. The summed E-state index contributed by atoms with van der Waals surface area (Å²) in [6, 6.07) is -0.623. The lowest BCUT2D eigenvalue weighted by Gasteiger charge is -2.20. The van der Waals surface area contributed by atoms with Crippen LogP contribution in [0.15, 0.2) is 36.5 Å². The number of rotatable bonds is 57. The second-order valence-corrected chi connectivity index (χ2v) is 21.0. The highest BCUT2D eigenvalue weighted by Crippen LogP contribution is 2.18. The van der Waals surface area contributed by atoms with Gasteiger partial charge in [0.2, 0.25) is 5.91 Å². The Balaban J connectivity index is 3.33. The van der Waals surface area contributed by atoms with Gasteiger partial charge in [-0.15, -0.1) is 0 Å². The molecular weight excluding hydrogens is 851 g/mol. The number of unbranched alkanes of at least 4 members (excludes halogenated alkanes) is 42. The Kier molecular flexibility index (Phi) is 57.0. The van der Waals surface area contributed by atoms with Gasteiger partial charge in [0.15, 0.2) is 0 Å². The van der Waals surface area contributed by atoms with Gasteiger partial charge in [-0.25, -0.2) is 0 Å². The van der Waals surface area contributed by atoms with Crippen molar-refractivity contribution in [2.24, 2.45) is 0 Å². The molecular formula is C63H119NO5. The SMILES string of the molecule is CCCCC/C=C\C/C=C\CCCCCCCC(=O)OCCCCCCCCCCCCCCCCCCCCCCCCCCCCCCC(=O)NC(CO)C(O)/C=C/CCCCCCCCC. The van der Waals surface area contributed by atoms with Crippen molar-refractivity contribution in [3.63, 3.8) is 0 Å². The third kappa shape index (κ3) is 55.2. The summed E-state index contributed by atoms with van der Waals surface area (Å²) in [4.78, 5) is 24.4. The maximum absolute atomic E-state index is 12.4. The molecule has 0 aliphatic carbocycles. The first kappa shape index (κ1) is 67.1. The van der Waals surface area contributed by atoms with E-state index in [1.165, 1.54) is 250 Å². The van der Waals surface area contributed by atoms with Gasteiger partial charge in [-0.3, -0.25) is 9.59 Å². The number of aliphatic hydroxyl groups excluding tert-OH is 2. The highest BCUT2D eigenvalue weighted by molar-refractivity contribution is 5.76. The maximum atomic E-state index is 12.4. The minimum atomic E-state index is -0.840. The zero-order valence-electron chi connectivity index (χ0n) is 46.3. The maximum Gasteiger partial charge on any atom is 0.305 e. The van der Waals surface area contributed by atoms with Crippen molar-refractivity contribution in [2.75, 3.05) is 13.2 Å². The topological polar surface area (TPSA) is 95.9 Å². The smallest absolute Gasteiger partial charge is 0.305 e. The van der Waals surface area contributed by atoms with Gasteiger partial charge in [0.1, 0.15) is 0 Å². The van der Waals surface area contributed by atoms with E-state index in [2.05, 4.69) is 43.5 Å². The number of nitrogens with one attached hydrogen (secondary N) is 1. The zero-order valence-corrected chi connectivity index (χ0v) is 46.3. The van der Waals surface area contributed by atoms with Crippen LogP contribution in [0.25, 0.3) is 0 Å². The van der Waals surface area contributed by atoms with Crippen molar-refractivity contribution in [3.05, 3.63) is 36.5 Å². The van der Waals surface area contributed by atoms with Gasteiger partial charge in [-0.2, -0.15) is 0 Å². The molecule has 0 aromatic heterocycles. The second-order valence-electron chi connectivity index (χ2n) is 21.0. The Labute approximate surface area is 430 Å². The fourth-order valence-electron chi connectivity index (χ4n) is 9.43. The van der Waals surface area contributed by atoms with Gasteiger partial charge < -0.3 is 20.3 Å². The molecule has 0 radical (unpaired) electrons. The second kappa shape index (κ2) is 58.6. The molecule has 0 aromatic carbocycles. The predicted molar refractivity (Wildman–Crippen MR) is 301 cm³/mol. The molecule has 0 heterocycles. The molecule has 3 N–H and O–H groups in total. The number of hydrogen-bond acceptors (Lipinski definition) is 5. The molecule has 0 saturated carbocycles. The van der Waals surface area contributed by atoms with Crippen LogP contribution in [0.5, 0.6) is 0 Å². The molecule has 2 atom stereocenters. The monoisotopic (exact) mass is 970 g/mol. The summed E-state index contributed by atoms with van der Waals surface area (Å²) in [6.45, 7) is 4.85. The quantitative estimate of drug-likeness (QED) is 0.0321. The molecule has 69 heavy (non-hydrogen) atoms. The van der Waals surface area contributed by atoms with Crippen molar-refractivity contribution in [1.29, 1.82) is 0 Å². The Morgan fingerprint density at radius 1 is 0.406 bits per heavy atom. The summed E-state index contributed by atoms with van der Waals surface area (Å²) in [5.41, 5.74) is 0. The Hall–Kier alpha value is -1.92. The lowest BCUT2D eigenvalue weighted by atomic mass is 10.0. The van der Waals surface area contributed by atoms with Crippen molar-refractivity contribution in [2.45, 2.75) is 341 Å². The molecule has 406 valence electrons. The lowest BCUT2D eigenvalue weighted by molar-refractivity contribution is -0.143. The number of aliphatic hydroxyl groups is 2. The van der Waals surface area contributed by atoms with E-state index in [1.54, 1.807) is 6.08 Å². The molecule has 2 unspecified atom stereocenters. The molecule has 0 saturated heterocycles. The Bertz CT molecular complexity index is 1120. The summed E-state index contributed by atoms with van der Waals surface area (Å²) in [7, 11) is 0. The van der Waals surface area contributed by atoms with E-state index in [-0.39, 0.29) is 18.5 Å². The van der Waals surface area contributed by atoms with E-state index in [0.717, 1.165) is 51.4 Å². The van der Waals surface area contributed by atoms with E-state index < -0.39 is 12.1 Å². The van der Waals surface area contributed by atoms with E-state index in [9.17, 15) is 19.8 Å². The number of hydrogen-bond donors (Lipinski definition) is 3. The summed E-state index contributed by atoms with van der Waals surface area (Å²) < 4.78 is 5.48. The minimum absolute atomic E-state index is 0.00414. The normalized spacial score (nSPS) is 12.8. The molecule has 0 rings (SSSR count). The molecule has 6 nitrogen and oxygen atoms in total. The van der Waals surface area contributed by atoms with Crippen molar-refractivity contribution >= 4 is 11.9 Å². The van der Waals surface area contributed by atoms with Crippen LogP contribution in [-0.4, -0.2) is 47.4 Å². The first-order chi connectivity index (χ1) is 34.0. The first-order valence-electron chi connectivity index (χ1n) is 30.8. The van der Waals surface area contributed by atoms with Crippen LogP contribution >= 0.6 is 0 Å². The molecule has 0 aromatic rings. The Morgan fingerprint density at radius 3 is 1.13 bits per heavy atom. The molecule has 6 heteroatoms. The molecule has 0 aliphatic heterocycles. The van der Waals surface area contributed by atoms with Crippen LogP contribution in [0.2, 0.25) is 0 Å². The molecule has 0 fully saturated rings. The summed E-state index contributed by atoms with van der Waals surface area (Å²) in [6.07, 6.45) is 73.5. The number of carbonyl (C=O) groups excluding carboxylic acids is 2. The van der Waals surface area contributed by atoms with Gasteiger partial charge >= 0.3 is 5.97 Å². The Morgan fingerprint density at radius 2 is 0.725 bits per heavy atom. The molecule has 0 aliphatic rings. The lowest BCUT2D eigenvalue weighted by Crippen LogP contribution is -2.45. The van der Waals surface area contributed by atoms with Crippen LogP contribution in [0, 0.1) is 0 Å². The number of carbonyl (C=O) groups is 2. The average Bonchev–Trinajstić information content (AvgIpc) is 3.35. The van der Waals surface area contributed by atoms with Crippen molar-refractivity contribution in [1.82, 2.24) is 5.32 Å². The number of allylic oxidation sites excluding steroid dienone is 5. The van der Waals surface area contributed by atoms with Crippen LogP contribution in [0.4, 0.5) is 0 Å². The van der Waals surface area contributed by atoms with E-state index in [1.807, 2.05) is 6.08 Å². The van der Waals surface area contributed by atoms with Crippen LogP contribution in [0.3, 0.4) is 0 Å². The third-order valence-electron chi connectivity index (χ3n) is 14.2. The van der Waals surface area contributed by atoms with Gasteiger partial charge in [0.05, 0.1) is 25.4 Å². The standard InChI is InChI=1S/C63H119NO5/c1-3-5-7-9-11-13-14-15-30-34-37-41-45-49-53-57-63(68)69-58-54-50-46-42-38-35-32-29-27-25-23-21-19-17-16-18-20-22-24-26-28-31-33-36-40-44-48-52-56-62(67)64-60(59-65)61(66)55-51-47-43-39-12-10-8-6-4-2/h11,13,15,30,51,55,60-61,65-66H,3-10,12,14,16-29,31-50,52-54,56-59H2,1-2H3,(H,64,67)/b13-11-,30-15-,55-51+. The first-order valence-corrected chi connectivity index (χ1v) is 30.8. The van der Waals surface area contributed by atoms with Gasteiger partial charge in [0.25, 0.3) is 0 Å². The van der Waals surface area contributed by atoms with Crippen LogP contribution in [-0.2, 0) is 14.3 Å². The number of esters is 1. The summed E-state index contributed by atoms with van der Waals surface area (Å²) in [5, 5.41) is 22.9. The average molecular weight is 971 g/mol. The predicted octanol–water partition coefficient (Wildman–Crippen LogP) is 19.2. The van der Waals surface area contributed by atoms with Gasteiger partial charge in [-0.1, -0.05) is 288 Å². The van der Waals surface area contributed by atoms with Crippen LogP contribution < -0.4 is 5.32 Å². The molecule has 0 bridgehead atoms. The highest BCUT2D eigenvalue weighted by atomic mass is 16.5. The highest BCUT2D eigenvalue weighted by Gasteiger charge is 2.18. The van der Waals surface area contributed by atoms with E-state index in [4.69, 9.17) is 4.74 Å². The van der Waals surface area contributed by atoms with Gasteiger partial charge in [0, 0.05) is 12.8 Å². The van der Waals surface area contributed by atoms with E-state index in [0.29, 0.717) is 19.4 Å². The van der Waals surface area contributed by atoms with Crippen molar-refractivity contribution < 1.29 is 24.5 Å². The number of amides is 1. The zero-order chi connectivity index (χ0) is 50.0.